The second kappa shape index (κ2) is 7.54. The third kappa shape index (κ3) is 3.94. The lowest BCUT2D eigenvalue weighted by molar-refractivity contribution is -0.148. The number of amides is 1. The number of hydrogen-bond acceptors (Lipinski definition) is 4. The minimum absolute atomic E-state index is 0.0413. The molecule has 0 radical (unpaired) electrons. The molecule has 0 saturated carbocycles. The summed E-state index contributed by atoms with van der Waals surface area (Å²) in [5, 5.41) is 5.13. The highest BCUT2D eigenvalue weighted by Crippen LogP contribution is 2.23. The second-order valence-electron chi connectivity index (χ2n) is 5.20. The van der Waals surface area contributed by atoms with Crippen LogP contribution in [0.3, 0.4) is 0 Å². The normalized spacial score (nSPS) is 19.5. The summed E-state index contributed by atoms with van der Waals surface area (Å²) < 4.78 is 10.8. The fourth-order valence-corrected chi connectivity index (χ4v) is 3.24. The Morgan fingerprint density at radius 1 is 1.23 bits per heavy atom. The molecule has 1 saturated heterocycles. The van der Waals surface area contributed by atoms with E-state index in [1.165, 1.54) is 5.56 Å². The van der Waals surface area contributed by atoms with E-state index in [1.54, 1.807) is 11.3 Å². The quantitative estimate of drug-likeness (QED) is 0.922. The number of benzene rings is 1. The zero-order chi connectivity index (χ0) is 15.2. The summed E-state index contributed by atoms with van der Waals surface area (Å²) in [4.78, 5) is 13.5. The largest absolute Gasteiger partial charge is 0.376 e. The maximum absolute atomic E-state index is 12.4. The van der Waals surface area contributed by atoms with Crippen molar-refractivity contribution >= 4 is 17.2 Å². The maximum atomic E-state index is 12.4. The molecule has 1 aliphatic heterocycles. The van der Waals surface area contributed by atoms with Gasteiger partial charge in [-0.1, -0.05) is 36.4 Å². The van der Waals surface area contributed by atoms with Crippen molar-refractivity contribution in [3.8, 4) is 0 Å². The zero-order valence-corrected chi connectivity index (χ0v) is 13.1. The molecule has 5 heteroatoms. The molecule has 2 heterocycles. The third-order valence-electron chi connectivity index (χ3n) is 3.59. The molecule has 0 aliphatic carbocycles. The molecular weight excluding hydrogens is 298 g/mol. The topological polar surface area (TPSA) is 47.6 Å². The summed E-state index contributed by atoms with van der Waals surface area (Å²) in [5.74, 6) is -0.103. The fraction of sp³-hybridized carbons (Fsp3) is 0.353. The average Bonchev–Trinajstić information content (AvgIpc) is 3.10. The third-order valence-corrected chi connectivity index (χ3v) is 4.58. The van der Waals surface area contributed by atoms with Crippen molar-refractivity contribution < 1.29 is 14.3 Å². The van der Waals surface area contributed by atoms with Crippen molar-refractivity contribution in [2.45, 2.75) is 18.6 Å². The van der Waals surface area contributed by atoms with Crippen molar-refractivity contribution in [2.75, 3.05) is 19.8 Å². The monoisotopic (exact) mass is 317 g/mol. The van der Waals surface area contributed by atoms with Gasteiger partial charge in [0.15, 0.2) is 6.10 Å². The van der Waals surface area contributed by atoms with Gasteiger partial charge in [0, 0.05) is 4.88 Å². The van der Waals surface area contributed by atoms with Gasteiger partial charge >= 0.3 is 0 Å². The second-order valence-corrected chi connectivity index (χ2v) is 6.18. The number of carbonyl (C=O) groups excluding carboxylic acids is 1. The first-order valence-electron chi connectivity index (χ1n) is 7.40. The summed E-state index contributed by atoms with van der Waals surface area (Å²) in [7, 11) is 0. The Kier molecular flexibility index (Phi) is 5.21. The number of ether oxygens (including phenoxy) is 2. The highest BCUT2D eigenvalue weighted by Gasteiger charge is 2.25. The summed E-state index contributed by atoms with van der Waals surface area (Å²) >= 11 is 1.65. The Morgan fingerprint density at radius 3 is 2.77 bits per heavy atom. The van der Waals surface area contributed by atoms with Crippen LogP contribution in [0.5, 0.6) is 0 Å². The van der Waals surface area contributed by atoms with Crippen molar-refractivity contribution in [3.63, 3.8) is 0 Å². The van der Waals surface area contributed by atoms with Crippen LogP contribution in [0, 0.1) is 0 Å². The van der Waals surface area contributed by atoms with Gasteiger partial charge in [-0.05, 0) is 23.4 Å². The lowest BCUT2D eigenvalue weighted by Gasteiger charge is -2.25. The standard InChI is InChI=1S/C17H19NO3S/c19-17(15-12-20-8-9-21-15)18-14(16-7-4-10-22-16)11-13-5-2-1-3-6-13/h1-7,10,14-15H,8-9,11-12H2,(H,18,19)/t14-,15-/m1/s1. The van der Waals surface area contributed by atoms with Crippen LogP contribution in [0.25, 0.3) is 0 Å². The van der Waals surface area contributed by atoms with Crippen LogP contribution in [-0.2, 0) is 20.7 Å². The molecule has 2 atom stereocenters. The molecule has 3 rings (SSSR count). The lowest BCUT2D eigenvalue weighted by atomic mass is 10.0. The van der Waals surface area contributed by atoms with Crippen LogP contribution in [0.2, 0.25) is 0 Å². The highest BCUT2D eigenvalue weighted by molar-refractivity contribution is 7.10. The zero-order valence-electron chi connectivity index (χ0n) is 12.2. The van der Waals surface area contributed by atoms with Crippen LogP contribution >= 0.6 is 11.3 Å². The van der Waals surface area contributed by atoms with E-state index in [1.807, 2.05) is 29.6 Å². The molecule has 1 aromatic carbocycles. The minimum atomic E-state index is -0.507. The average molecular weight is 317 g/mol. The lowest BCUT2D eigenvalue weighted by Crippen LogP contribution is -2.44. The van der Waals surface area contributed by atoms with Crippen LogP contribution in [-0.4, -0.2) is 31.8 Å². The van der Waals surface area contributed by atoms with E-state index in [9.17, 15) is 4.79 Å². The van der Waals surface area contributed by atoms with Gasteiger partial charge in [-0.15, -0.1) is 11.3 Å². The summed E-state index contributed by atoms with van der Waals surface area (Å²) in [6.45, 7) is 1.36. The number of nitrogens with one attached hydrogen (secondary N) is 1. The molecule has 1 aliphatic rings. The molecule has 116 valence electrons. The van der Waals surface area contributed by atoms with Crippen molar-refractivity contribution in [2.24, 2.45) is 0 Å². The Morgan fingerprint density at radius 2 is 2.09 bits per heavy atom. The molecule has 22 heavy (non-hydrogen) atoms. The Labute approximate surface area is 134 Å². The van der Waals surface area contributed by atoms with Gasteiger partial charge in [0.2, 0.25) is 0 Å². The predicted molar refractivity (Wildman–Crippen MR) is 85.9 cm³/mol. The molecule has 1 aromatic heterocycles. The van der Waals surface area contributed by atoms with Gasteiger partial charge in [-0.3, -0.25) is 4.79 Å². The number of thiophene rings is 1. The fourth-order valence-electron chi connectivity index (χ4n) is 2.47. The van der Waals surface area contributed by atoms with Gasteiger partial charge < -0.3 is 14.8 Å². The molecule has 4 nitrogen and oxygen atoms in total. The van der Waals surface area contributed by atoms with Gasteiger partial charge in [-0.25, -0.2) is 0 Å². The van der Waals surface area contributed by atoms with Crippen LogP contribution in [0.15, 0.2) is 47.8 Å². The van der Waals surface area contributed by atoms with E-state index >= 15 is 0 Å². The van der Waals surface area contributed by atoms with E-state index < -0.39 is 6.10 Å². The van der Waals surface area contributed by atoms with Gasteiger partial charge in [0.1, 0.15) is 0 Å². The summed E-state index contributed by atoms with van der Waals surface area (Å²) in [6.07, 6.45) is 0.257. The van der Waals surface area contributed by atoms with Crippen molar-refractivity contribution in [3.05, 3.63) is 58.3 Å². The van der Waals surface area contributed by atoms with Gasteiger partial charge in [-0.2, -0.15) is 0 Å². The number of carbonyl (C=O) groups is 1. The Balaban J connectivity index is 1.70. The first-order chi connectivity index (χ1) is 10.8. The Hall–Kier alpha value is -1.69. The molecule has 1 fully saturated rings. The van der Waals surface area contributed by atoms with Crippen molar-refractivity contribution in [1.82, 2.24) is 5.32 Å². The Bertz CT molecular complexity index is 579. The molecule has 1 amide bonds. The van der Waals surface area contributed by atoms with Gasteiger partial charge in [0.05, 0.1) is 25.9 Å². The minimum Gasteiger partial charge on any atom is -0.376 e. The van der Waals surface area contributed by atoms with Gasteiger partial charge in [0.25, 0.3) is 5.91 Å². The molecule has 2 aromatic rings. The first-order valence-corrected chi connectivity index (χ1v) is 8.28. The highest BCUT2D eigenvalue weighted by atomic mass is 32.1. The molecule has 0 spiro atoms. The van der Waals surface area contributed by atoms with E-state index in [-0.39, 0.29) is 11.9 Å². The first kappa shape index (κ1) is 15.2. The molecular formula is C17H19NO3S. The van der Waals surface area contributed by atoms with E-state index in [4.69, 9.17) is 9.47 Å². The van der Waals surface area contributed by atoms with Crippen molar-refractivity contribution in [1.29, 1.82) is 0 Å². The summed E-state index contributed by atoms with van der Waals surface area (Å²) in [5.41, 5.74) is 1.20. The van der Waals surface area contributed by atoms with E-state index in [0.29, 0.717) is 19.8 Å². The van der Waals surface area contributed by atoms with Crippen LogP contribution < -0.4 is 5.32 Å². The summed E-state index contributed by atoms with van der Waals surface area (Å²) in [6, 6.07) is 14.2. The maximum Gasteiger partial charge on any atom is 0.252 e. The molecule has 0 unspecified atom stereocenters. The number of hydrogen-bond donors (Lipinski definition) is 1. The molecule has 0 bridgehead atoms. The molecule has 1 N–H and O–H groups in total. The SMILES string of the molecule is O=C(N[C@H](Cc1ccccc1)c1cccs1)[C@H]1COCCO1. The van der Waals surface area contributed by atoms with E-state index in [0.717, 1.165) is 11.3 Å². The van der Waals surface area contributed by atoms with E-state index in [2.05, 4.69) is 23.5 Å². The smallest absolute Gasteiger partial charge is 0.252 e. The predicted octanol–water partition coefficient (Wildman–Crippen LogP) is 2.56. The van der Waals surface area contributed by atoms with Crippen LogP contribution in [0.1, 0.15) is 16.5 Å². The van der Waals surface area contributed by atoms with Crippen LogP contribution in [0.4, 0.5) is 0 Å². The number of rotatable bonds is 5.